The maximum Gasteiger partial charge on any atom is 0.175 e. The van der Waals surface area contributed by atoms with E-state index in [1.165, 1.54) is 6.26 Å². The summed E-state index contributed by atoms with van der Waals surface area (Å²) in [4.78, 5) is 0.244. The summed E-state index contributed by atoms with van der Waals surface area (Å²) in [6.45, 7) is 2.63. The summed E-state index contributed by atoms with van der Waals surface area (Å²) in [5.74, 6) is 0.733. The van der Waals surface area contributed by atoms with Gasteiger partial charge in [-0.2, -0.15) is 0 Å². The molecule has 0 bridgehead atoms. The Balaban J connectivity index is 2.13. The van der Waals surface area contributed by atoms with Crippen LogP contribution in [-0.4, -0.2) is 19.8 Å². The molecule has 1 aromatic carbocycles. The molecule has 2 aromatic rings. The maximum atomic E-state index is 11.7. The van der Waals surface area contributed by atoms with Crippen LogP contribution >= 0.6 is 11.6 Å². The first-order chi connectivity index (χ1) is 9.38. The molecule has 0 aliphatic carbocycles. The van der Waals surface area contributed by atoms with Gasteiger partial charge in [0.1, 0.15) is 5.76 Å². The number of hydrogen-bond acceptors (Lipinski definition) is 5. The first-order valence-electron chi connectivity index (χ1n) is 5.98. The fourth-order valence-electron chi connectivity index (χ4n) is 1.87. The van der Waals surface area contributed by atoms with Crippen molar-refractivity contribution >= 4 is 21.4 Å². The SMILES string of the molecule is Cc1cc(CNCc2c(Cl)cccc2S(C)(=O)=O)no1. The van der Waals surface area contributed by atoms with Crippen LogP contribution in [0, 0.1) is 6.92 Å². The molecule has 2 rings (SSSR count). The van der Waals surface area contributed by atoms with Crippen LogP contribution in [0.1, 0.15) is 17.0 Å². The highest BCUT2D eigenvalue weighted by Gasteiger charge is 2.15. The van der Waals surface area contributed by atoms with Crippen molar-refractivity contribution in [1.82, 2.24) is 10.5 Å². The number of sulfone groups is 1. The number of benzene rings is 1. The Hall–Kier alpha value is -1.37. The summed E-state index contributed by atoms with van der Waals surface area (Å²) in [5.41, 5.74) is 1.33. The second-order valence-electron chi connectivity index (χ2n) is 4.52. The molecular weight excluding hydrogens is 300 g/mol. The van der Waals surface area contributed by atoms with E-state index in [0.29, 0.717) is 23.7 Å². The average molecular weight is 315 g/mol. The molecule has 0 fully saturated rings. The summed E-state index contributed by atoms with van der Waals surface area (Å²) in [5, 5.41) is 7.39. The van der Waals surface area contributed by atoms with Gasteiger partial charge in [-0.1, -0.05) is 22.8 Å². The van der Waals surface area contributed by atoms with Crippen molar-refractivity contribution in [3.63, 3.8) is 0 Å². The molecule has 5 nitrogen and oxygen atoms in total. The lowest BCUT2D eigenvalue weighted by Crippen LogP contribution is -2.16. The van der Waals surface area contributed by atoms with Gasteiger partial charge in [-0.15, -0.1) is 0 Å². The predicted octanol–water partition coefficient (Wildman–Crippen LogP) is 2.33. The van der Waals surface area contributed by atoms with Gasteiger partial charge < -0.3 is 9.84 Å². The Kier molecular flexibility index (Phi) is 4.47. The molecule has 0 spiro atoms. The highest BCUT2D eigenvalue weighted by atomic mass is 35.5. The van der Waals surface area contributed by atoms with Crippen molar-refractivity contribution in [3.05, 3.63) is 46.3 Å². The van der Waals surface area contributed by atoms with E-state index in [-0.39, 0.29) is 4.90 Å². The summed E-state index contributed by atoms with van der Waals surface area (Å²) in [6, 6.07) is 6.67. The summed E-state index contributed by atoms with van der Waals surface area (Å²) in [6.07, 6.45) is 1.17. The second-order valence-corrected chi connectivity index (χ2v) is 6.91. The van der Waals surface area contributed by atoms with Crippen molar-refractivity contribution < 1.29 is 12.9 Å². The predicted molar refractivity (Wildman–Crippen MR) is 76.3 cm³/mol. The zero-order chi connectivity index (χ0) is 14.8. The monoisotopic (exact) mass is 314 g/mol. The van der Waals surface area contributed by atoms with Crippen molar-refractivity contribution in [2.75, 3.05) is 6.26 Å². The van der Waals surface area contributed by atoms with E-state index in [0.717, 1.165) is 11.5 Å². The van der Waals surface area contributed by atoms with Crippen molar-refractivity contribution in [2.45, 2.75) is 24.9 Å². The van der Waals surface area contributed by atoms with Crippen LogP contribution in [0.25, 0.3) is 0 Å². The normalized spacial score (nSPS) is 11.8. The minimum Gasteiger partial charge on any atom is -0.361 e. The first kappa shape index (κ1) is 15.0. The van der Waals surface area contributed by atoms with Crippen molar-refractivity contribution in [1.29, 1.82) is 0 Å². The minimum absolute atomic E-state index is 0.244. The molecule has 7 heteroatoms. The number of halogens is 1. The molecule has 1 heterocycles. The number of hydrogen-bond donors (Lipinski definition) is 1. The van der Waals surface area contributed by atoms with Gasteiger partial charge in [0.25, 0.3) is 0 Å². The molecule has 108 valence electrons. The zero-order valence-corrected chi connectivity index (χ0v) is 12.8. The number of nitrogens with one attached hydrogen (secondary N) is 1. The van der Waals surface area contributed by atoms with Crippen molar-refractivity contribution in [2.24, 2.45) is 0 Å². The molecule has 0 aliphatic heterocycles. The van der Waals surface area contributed by atoms with Gasteiger partial charge in [-0.3, -0.25) is 0 Å². The summed E-state index contributed by atoms with van der Waals surface area (Å²) >= 11 is 6.08. The Morgan fingerprint density at radius 1 is 1.35 bits per heavy atom. The lowest BCUT2D eigenvalue weighted by atomic mass is 10.2. The third-order valence-corrected chi connectivity index (χ3v) is 4.30. The molecule has 0 atom stereocenters. The highest BCUT2D eigenvalue weighted by molar-refractivity contribution is 7.90. The number of aryl methyl sites for hydroxylation is 1. The lowest BCUT2D eigenvalue weighted by Gasteiger charge is -2.10. The fourth-order valence-corrected chi connectivity index (χ4v) is 3.13. The van der Waals surface area contributed by atoms with E-state index in [4.69, 9.17) is 16.1 Å². The Bertz CT molecular complexity index is 710. The number of nitrogens with zero attached hydrogens (tertiary/aromatic N) is 1. The third kappa shape index (κ3) is 3.59. The van der Waals surface area contributed by atoms with E-state index in [9.17, 15) is 8.42 Å². The molecule has 0 saturated carbocycles. The minimum atomic E-state index is -3.31. The molecule has 0 amide bonds. The second kappa shape index (κ2) is 5.95. The molecule has 0 radical (unpaired) electrons. The van der Waals surface area contributed by atoms with Gasteiger partial charge in [0, 0.05) is 36.0 Å². The molecule has 1 aromatic heterocycles. The Morgan fingerprint density at radius 2 is 2.10 bits per heavy atom. The standard InChI is InChI=1S/C13H15ClN2O3S/c1-9-6-10(16-19-9)7-15-8-11-12(14)4-3-5-13(11)20(2,17)18/h3-6,15H,7-8H2,1-2H3. The van der Waals surface area contributed by atoms with E-state index in [1.807, 2.05) is 13.0 Å². The number of aromatic nitrogens is 1. The fraction of sp³-hybridized carbons (Fsp3) is 0.308. The van der Waals surface area contributed by atoms with E-state index < -0.39 is 9.84 Å². The topological polar surface area (TPSA) is 72.2 Å². The van der Waals surface area contributed by atoms with Gasteiger partial charge in [-0.25, -0.2) is 8.42 Å². The van der Waals surface area contributed by atoms with Crippen LogP contribution in [0.15, 0.2) is 33.7 Å². The number of rotatable bonds is 5. The van der Waals surface area contributed by atoms with Crippen LogP contribution in [-0.2, 0) is 22.9 Å². The molecule has 1 N–H and O–H groups in total. The quantitative estimate of drug-likeness (QED) is 0.917. The van der Waals surface area contributed by atoms with Crippen LogP contribution in [0.2, 0.25) is 5.02 Å². The van der Waals surface area contributed by atoms with Gasteiger partial charge in [0.05, 0.1) is 10.6 Å². The van der Waals surface area contributed by atoms with E-state index >= 15 is 0 Å². The Labute approximate surface area is 122 Å². The molecule has 20 heavy (non-hydrogen) atoms. The highest BCUT2D eigenvalue weighted by Crippen LogP contribution is 2.23. The van der Waals surface area contributed by atoms with Gasteiger partial charge in [-0.05, 0) is 19.1 Å². The molecule has 0 aliphatic rings. The Morgan fingerprint density at radius 3 is 2.70 bits per heavy atom. The van der Waals surface area contributed by atoms with Gasteiger partial charge in [0.15, 0.2) is 9.84 Å². The van der Waals surface area contributed by atoms with Crippen LogP contribution < -0.4 is 5.32 Å². The zero-order valence-electron chi connectivity index (χ0n) is 11.2. The third-order valence-electron chi connectivity index (χ3n) is 2.76. The van der Waals surface area contributed by atoms with Crippen LogP contribution in [0.4, 0.5) is 0 Å². The van der Waals surface area contributed by atoms with E-state index in [2.05, 4.69) is 10.5 Å². The van der Waals surface area contributed by atoms with Crippen LogP contribution in [0.3, 0.4) is 0 Å². The van der Waals surface area contributed by atoms with Gasteiger partial charge >= 0.3 is 0 Å². The average Bonchev–Trinajstić information content (AvgIpc) is 2.76. The van der Waals surface area contributed by atoms with Crippen molar-refractivity contribution in [3.8, 4) is 0 Å². The molecule has 0 unspecified atom stereocenters. The van der Waals surface area contributed by atoms with E-state index in [1.54, 1.807) is 18.2 Å². The molecular formula is C13H15ClN2O3S. The van der Waals surface area contributed by atoms with Gasteiger partial charge in [0.2, 0.25) is 0 Å². The summed E-state index contributed by atoms with van der Waals surface area (Å²) in [7, 11) is -3.31. The van der Waals surface area contributed by atoms with Crippen LogP contribution in [0.5, 0.6) is 0 Å². The lowest BCUT2D eigenvalue weighted by molar-refractivity contribution is 0.388. The largest absolute Gasteiger partial charge is 0.361 e. The molecule has 0 saturated heterocycles. The first-order valence-corrected chi connectivity index (χ1v) is 8.25. The summed E-state index contributed by atoms with van der Waals surface area (Å²) < 4.78 is 28.4. The smallest absolute Gasteiger partial charge is 0.175 e. The maximum absolute atomic E-state index is 11.7.